The molecule has 3 N–H and O–H groups in total. The first-order chi connectivity index (χ1) is 9.74. The molecule has 1 aliphatic heterocycles. The first-order valence-electron chi connectivity index (χ1n) is 6.91. The topological polar surface area (TPSA) is 78.9 Å². The molecule has 0 unspecified atom stereocenters. The van der Waals surface area contributed by atoms with Crippen molar-refractivity contribution in [1.82, 2.24) is 20.2 Å². The second kappa shape index (κ2) is 6.78. The van der Waals surface area contributed by atoms with Gasteiger partial charge in [0.2, 0.25) is 5.91 Å². The summed E-state index contributed by atoms with van der Waals surface area (Å²) in [4.78, 5) is 26.7. The van der Waals surface area contributed by atoms with Gasteiger partial charge in [-0.2, -0.15) is 0 Å². The zero-order chi connectivity index (χ0) is 13.9. The monoisotopic (exact) mass is 310 g/mol. The quantitative estimate of drug-likeness (QED) is 0.777. The van der Waals surface area contributed by atoms with Gasteiger partial charge in [-0.25, -0.2) is 4.79 Å². The van der Waals surface area contributed by atoms with Crippen molar-refractivity contribution >= 4 is 29.3 Å². The Morgan fingerprint density at radius 1 is 1.38 bits per heavy atom. The highest BCUT2D eigenvalue weighted by atomic mass is 35.5. The third-order valence-electron chi connectivity index (χ3n) is 3.65. The zero-order valence-corrected chi connectivity index (χ0v) is 12.4. The van der Waals surface area contributed by atoms with E-state index in [2.05, 4.69) is 15.6 Å². The molecule has 1 saturated heterocycles. The van der Waals surface area contributed by atoms with Gasteiger partial charge in [0, 0.05) is 12.6 Å². The number of nitrogens with one attached hydrogen (secondary N) is 3. The van der Waals surface area contributed by atoms with Crippen LogP contribution in [0, 0.1) is 0 Å². The average molecular weight is 311 g/mol. The van der Waals surface area contributed by atoms with Gasteiger partial charge in [0.25, 0.3) is 0 Å². The molecule has 7 heteroatoms. The van der Waals surface area contributed by atoms with Gasteiger partial charge in [-0.05, 0) is 31.5 Å². The molecule has 0 spiro atoms. The molecule has 0 bridgehead atoms. The number of rotatable bonds is 3. The number of amides is 1. The van der Waals surface area contributed by atoms with Gasteiger partial charge in [-0.3, -0.25) is 9.36 Å². The van der Waals surface area contributed by atoms with Gasteiger partial charge in [0.1, 0.15) is 6.54 Å². The Morgan fingerprint density at radius 2 is 2.19 bits per heavy atom. The highest BCUT2D eigenvalue weighted by Gasteiger charge is 2.16. The molecule has 2 aromatic rings. The lowest BCUT2D eigenvalue weighted by atomic mass is 10.1. The van der Waals surface area contributed by atoms with E-state index in [1.807, 2.05) is 24.3 Å². The van der Waals surface area contributed by atoms with Gasteiger partial charge in [-0.15, -0.1) is 12.4 Å². The van der Waals surface area contributed by atoms with Gasteiger partial charge < -0.3 is 15.6 Å². The summed E-state index contributed by atoms with van der Waals surface area (Å²) in [7, 11) is 0. The fourth-order valence-electron chi connectivity index (χ4n) is 2.66. The number of benzene rings is 1. The Kier molecular flexibility index (Phi) is 5.03. The van der Waals surface area contributed by atoms with Crippen molar-refractivity contribution in [1.29, 1.82) is 0 Å². The van der Waals surface area contributed by atoms with E-state index in [1.54, 1.807) is 0 Å². The molecule has 1 fully saturated rings. The number of piperidine rings is 1. The molecular formula is C14H19ClN4O2. The number of aromatic amines is 1. The Morgan fingerprint density at radius 3 is 2.95 bits per heavy atom. The number of H-pyrrole nitrogens is 1. The lowest BCUT2D eigenvalue weighted by molar-refractivity contribution is -0.122. The molecule has 0 radical (unpaired) electrons. The molecule has 1 aromatic heterocycles. The maximum Gasteiger partial charge on any atom is 0.326 e. The summed E-state index contributed by atoms with van der Waals surface area (Å²) in [6.45, 7) is 1.86. The number of hydrogen-bond donors (Lipinski definition) is 3. The normalized spacial score (nSPS) is 18.2. The second-order valence-corrected chi connectivity index (χ2v) is 5.14. The number of fused-ring (bicyclic) bond motifs is 1. The van der Waals surface area contributed by atoms with Gasteiger partial charge >= 0.3 is 5.69 Å². The number of imidazole rings is 1. The molecule has 6 nitrogen and oxygen atoms in total. The van der Waals surface area contributed by atoms with Crippen molar-refractivity contribution in [3.8, 4) is 0 Å². The van der Waals surface area contributed by atoms with Crippen molar-refractivity contribution in [3.05, 3.63) is 34.7 Å². The minimum absolute atomic E-state index is 0. The van der Waals surface area contributed by atoms with E-state index in [-0.39, 0.29) is 36.6 Å². The van der Waals surface area contributed by atoms with Crippen LogP contribution in [0.3, 0.4) is 0 Å². The number of aromatic nitrogens is 2. The number of carbonyl (C=O) groups excluding carboxylic acids is 1. The lowest BCUT2D eigenvalue weighted by Gasteiger charge is -2.23. The summed E-state index contributed by atoms with van der Waals surface area (Å²) in [5, 5.41) is 6.22. The van der Waals surface area contributed by atoms with Gasteiger partial charge in [0.15, 0.2) is 0 Å². The summed E-state index contributed by atoms with van der Waals surface area (Å²) in [5.41, 5.74) is 1.27. The fraction of sp³-hybridized carbons (Fsp3) is 0.429. The number of nitrogens with zero attached hydrogens (tertiary/aromatic N) is 1. The highest BCUT2D eigenvalue weighted by molar-refractivity contribution is 5.85. The summed E-state index contributed by atoms with van der Waals surface area (Å²) < 4.78 is 1.47. The van der Waals surface area contributed by atoms with E-state index in [9.17, 15) is 9.59 Å². The van der Waals surface area contributed by atoms with E-state index in [0.717, 1.165) is 37.0 Å². The molecule has 21 heavy (non-hydrogen) atoms. The highest BCUT2D eigenvalue weighted by Crippen LogP contribution is 2.08. The molecule has 2 heterocycles. The summed E-state index contributed by atoms with van der Waals surface area (Å²) in [5.74, 6) is -0.120. The van der Waals surface area contributed by atoms with E-state index >= 15 is 0 Å². The van der Waals surface area contributed by atoms with E-state index in [0.29, 0.717) is 0 Å². The minimum Gasteiger partial charge on any atom is -0.351 e. The first-order valence-corrected chi connectivity index (χ1v) is 6.91. The molecule has 3 rings (SSSR count). The second-order valence-electron chi connectivity index (χ2n) is 5.14. The van der Waals surface area contributed by atoms with Crippen LogP contribution in [0.2, 0.25) is 0 Å². The van der Waals surface area contributed by atoms with Crippen LogP contribution in [0.15, 0.2) is 29.1 Å². The Labute approximate surface area is 128 Å². The maximum atomic E-state index is 12.1. The predicted molar refractivity (Wildman–Crippen MR) is 83.8 cm³/mol. The van der Waals surface area contributed by atoms with Crippen LogP contribution in [0.4, 0.5) is 0 Å². The number of hydrogen-bond acceptors (Lipinski definition) is 3. The minimum atomic E-state index is -0.247. The standard InChI is InChI=1S/C14H18N4O2.ClH/c19-13(16-10-4-3-7-15-8-10)9-18-12-6-2-1-5-11(12)17-14(18)20;/h1-2,5-6,10,15H,3-4,7-9H2,(H,16,19)(H,17,20);1H/t10-;/m0./s1. The SMILES string of the molecule is Cl.O=C(Cn1c(=O)[nH]c2ccccc21)N[C@H]1CCCNC1. The molecule has 114 valence electrons. The Balaban J connectivity index is 0.00000161. The molecule has 0 saturated carbocycles. The van der Waals surface area contributed by atoms with Crippen LogP contribution >= 0.6 is 12.4 Å². The van der Waals surface area contributed by atoms with Crippen molar-refractivity contribution in [2.24, 2.45) is 0 Å². The van der Waals surface area contributed by atoms with Crippen molar-refractivity contribution in [2.45, 2.75) is 25.4 Å². The van der Waals surface area contributed by atoms with Crippen LogP contribution in [0.5, 0.6) is 0 Å². The van der Waals surface area contributed by atoms with Crippen molar-refractivity contribution in [3.63, 3.8) is 0 Å². The van der Waals surface area contributed by atoms with E-state index in [4.69, 9.17) is 0 Å². The molecule has 1 atom stereocenters. The largest absolute Gasteiger partial charge is 0.351 e. The average Bonchev–Trinajstić information content (AvgIpc) is 2.76. The summed E-state index contributed by atoms with van der Waals surface area (Å²) in [6, 6.07) is 7.54. The predicted octanol–water partition coefficient (Wildman–Crippen LogP) is 0.620. The van der Waals surface area contributed by atoms with Crippen LogP contribution in [-0.4, -0.2) is 34.6 Å². The molecule has 1 amide bonds. The Bertz CT molecular complexity index is 673. The molecule has 0 aliphatic carbocycles. The van der Waals surface area contributed by atoms with Crippen LogP contribution in [0.25, 0.3) is 11.0 Å². The molecule has 1 aromatic carbocycles. The third kappa shape index (κ3) is 3.46. The maximum absolute atomic E-state index is 12.1. The smallest absolute Gasteiger partial charge is 0.326 e. The molecule has 1 aliphatic rings. The number of halogens is 1. The Hall–Kier alpha value is -1.79. The van der Waals surface area contributed by atoms with Gasteiger partial charge in [0.05, 0.1) is 11.0 Å². The van der Waals surface area contributed by atoms with E-state index < -0.39 is 0 Å². The summed E-state index contributed by atoms with van der Waals surface area (Å²) >= 11 is 0. The zero-order valence-electron chi connectivity index (χ0n) is 11.6. The fourth-order valence-corrected chi connectivity index (χ4v) is 2.66. The van der Waals surface area contributed by atoms with Crippen LogP contribution in [-0.2, 0) is 11.3 Å². The van der Waals surface area contributed by atoms with E-state index in [1.165, 1.54) is 4.57 Å². The number of para-hydroxylation sites is 2. The third-order valence-corrected chi connectivity index (χ3v) is 3.65. The first kappa shape index (κ1) is 15.6. The number of carbonyl (C=O) groups is 1. The molecular weight excluding hydrogens is 292 g/mol. The summed E-state index contributed by atoms with van der Waals surface area (Å²) in [6.07, 6.45) is 2.06. The van der Waals surface area contributed by atoms with Crippen molar-refractivity contribution in [2.75, 3.05) is 13.1 Å². The van der Waals surface area contributed by atoms with Crippen LogP contribution < -0.4 is 16.3 Å². The lowest BCUT2D eigenvalue weighted by Crippen LogP contribution is -2.47. The van der Waals surface area contributed by atoms with Crippen molar-refractivity contribution < 1.29 is 4.79 Å². The van der Waals surface area contributed by atoms with Crippen LogP contribution in [0.1, 0.15) is 12.8 Å². The van der Waals surface area contributed by atoms with Gasteiger partial charge in [-0.1, -0.05) is 12.1 Å².